The van der Waals surface area contributed by atoms with Gasteiger partial charge in [0.05, 0.1) is 0 Å². The van der Waals surface area contributed by atoms with E-state index in [1.165, 1.54) is 25.7 Å². The van der Waals surface area contributed by atoms with Crippen LogP contribution < -0.4 is 5.32 Å². The van der Waals surface area contributed by atoms with Gasteiger partial charge in [-0.25, -0.2) is 0 Å². The zero-order chi connectivity index (χ0) is 12.0. The molecule has 4 unspecified atom stereocenters. The van der Waals surface area contributed by atoms with E-state index in [0.29, 0.717) is 6.04 Å². The van der Waals surface area contributed by atoms with Gasteiger partial charge in [0.15, 0.2) is 0 Å². The summed E-state index contributed by atoms with van der Waals surface area (Å²) in [6.45, 7) is 5.72. The quantitative estimate of drug-likeness (QED) is 0.729. The molecule has 3 heteroatoms. The Morgan fingerprint density at radius 3 is 2.75 bits per heavy atom. The average Bonchev–Trinajstić information content (AvgIpc) is 2.25. The lowest BCUT2D eigenvalue weighted by atomic mass is 9.77. The Morgan fingerprint density at radius 1 is 1.38 bits per heavy atom. The fourth-order valence-electron chi connectivity index (χ4n) is 2.78. The zero-order valence-corrected chi connectivity index (χ0v) is 11.8. The molecule has 1 fully saturated rings. The number of hydrogen-bond acceptors (Lipinski definition) is 2. The summed E-state index contributed by atoms with van der Waals surface area (Å²) in [5.74, 6) is 2.61. The Balaban J connectivity index is 2.21. The Hall–Kier alpha value is 0.110. The fourth-order valence-corrected chi connectivity index (χ4v) is 3.33. The highest BCUT2D eigenvalue weighted by Gasteiger charge is 2.26. The zero-order valence-electron chi connectivity index (χ0n) is 11.0. The Labute approximate surface area is 103 Å². The van der Waals surface area contributed by atoms with E-state index in [4.69, 9.17) is 0 Å². The third kappa shape index (κ3) is 4.96. The predicted molar refractivity (Wildman–Crippen MR) is 72.1 cm³/mol. The van der Waals surface area contributed by atoms with Crippen LogP contribution in [0.1, 0.15) is 46.0 Å². The summed E-state index contributed by atoms with van der Waals surface area (Å²) in [7, 11) is -0.628. The van der Waals surface area contributed by atoms with Gasteiger partial charge in [-0.1, -0.05) is 20.3 Å². The summed E-state index contributed by atoms with van der Waals surface area (Å²) in [6.07, 6.45) is 8.21. The van der Waals surface area contributed by atoms with Gasteiger partial charge < -0.3 is 5.32 Å². The van der Waals surface area contributed by atoms with Crippen molar-refractivity contribution < 1.29 is 4.21 Å². The molecular formula is C13H27NOS. The SMILES string of the molecule is CCC1CC(C)CCC1NCCCS(C)=O. The molecular weight excluding hydrogens is 218 g/mol. The first-order valence-electron chi connectivity index (χ1n) is 6.66. The summed E-state index contributed by atoms with van der Waals surface area (Å²) in [4.78, 5) is 0. The molecule has 0 saturated heterocycles. The van der Waals surface area contributed by atoms with E-state index in [9.17, 15) is 4.21 Å². The maximum atomic E-state index is 10.9. The van der Waals surface area contributed by atoms with Crippen LogP contribution in [-0.4, -0.2) is 28.8 Å². The van der Waals surface area contributed by atoms with Gasteiger partial charge in [-0.15, -0.1) is 0 Å². The minimum absolute atomic E-state index is 0.628. The highest BCUT2D eigenvalue weighted by molar-refractivity contribution is 7.84. The molecule has 0 aromatic rings. The van der Waals surface area contributed by atoms with Crippen molar-refractivity contribution in [1.29, 1.82) is 0 Å². The topological polar surface area (TPSA) is 29.1 Å². The van der Waals surface area contributed by atoms with Crippen molar-refractivity contribution in [3.05, 3.63) is 0 Å². The summed E-state index contributed by atoms with van der Waals surface area (Å²) in [6, 6.07) is 0.714. The van der Waals surface area contributed by atoms with Crippen molar-refractivity contribution in [2.24, 2.45) is 11.8 Å². The second-order valence-corrected chi connectivity index (χ2v) is 6.83. The first-order chi connectivity index (χ1) is 7.63. The van der Waals surface area contributed by atoms with E-state index in [1.807, 2.05) is 0 Å². The fraction of sp³-hybridized carbons (Fsp3) is 1.00. The molecule has 1 rings (SSSR count). The first-order valence-corrected chi connectivity index (χ1v) is 8.39. The predicted octanol–water partition coefficient (Wildman–Crippen LogP) is 2.56. The summed E-state index contributed by atoms with van der Waals surface area (Å²) in [5.41, 5.74) is 0. The van der Waals surface area contributed by atoms with Crippen LogP contribution in [0.25, 0.3) is 0 Å². The third-order valence-electron chi connectivity index (χ3n) is 3.78. The second kappa shape index (κ2) is 7.44. The maximum absolute atomic E-state index is 10.9. The lowest BCUT2D eigenvalue weighted by Crippen LogP contribution is -2.40. The van der Waals surface area contributed by atoms with Crippen LogP contribution in [0.15, 0.2) is 0 Å². The largest absolute Gasteiger partial charge is 0.314 e. The normalized spacial score (nSPS) is 32.6. The molecule has 0 spiro atoms. The molecule has 0 aliphatic heterocycles. The molecule has 1 aliphatic rings. The van der Waals surface area contributed by atoms with E-state index in [0.717, 1.165) is 30.6 Å². The van der Waals surface area contributed by atoms with Crippen molar-refractivity contribution in [2.75, 3.05) is 18.6 Å². The molecule has 2 nitrogen and oxygen atoms in total. The van der Waals surface area contributed by atoms with Gasteiger partial charge >= 0.3 is 0 Å². The molecule has 1 saturated carbocycles. The minimum Gasteiger partial charge on any atom is -0.314 e. The number of hydrogen-bond donors (Lipinski definition) is 1. The van der Waals surface area contributed by atoms with Crippen molar-refractivity contribution in [3.8, 4) is 0 Å². The summed E-state index contributed by atoms with van der Waals surface area (Å²) < 4.78 is 10.9. The summed E-state index contributed by atoms with van der Waals surface area (Å²) >= 11 is 0. The van der Waals surface area contributed by atoms with E-state index in [1.54, 1.807) is 6.26 Å². The molecule has 1 N–H and O–H groups in total. The standard InChI is InChI=1S/C13H27NOS/c1-4-12-10-11(2)6-7-13(12)14-8-5-9-16(3)15/h11-14H,4-10H2,1-3H3. The van der Waals surface area contributed by atoms with Crippen molar-refractivity contribution in [3.63, 3.8) is 0 Å². The second-order valence-electron chi connectivity index (χ2n) is 5.28. The van der Waals surface area contributed by atoms with Crippen LogP contribution in [0.3, 0.4) is 0 Å². The summed E-state index contributed by atoms with van der Waals surface area (Å²) in [5, 5.41) is 3.66. The Morgan fingerprint density at radius 2 is 2.12 bits per heavy atom. The van der Waals surface area contributed by atoms with Gasteiger partial charge in [0, 0.05) is 28.9 Å². The van der Waals surface area contributed by atoms with Crippen LogP contribution in [-0.2, 0) is 10.8 Å². The highest BCUT2D eigenvalue weighted by Crippen LogP contribution is 2.30. The van der Waals surface area contributed by atoms with Gasteiger partial charge in [0.2, 0.25) is 0 Å². The van der Waals surface area contributed by atoms with Crippen LogP contribution in [0, 0.1) is 11.8 Å². The van der Waals surface area contributed by atoms with Gasteiger partial charge in [0.25, 0.3) is 0 Å². The maximum Gasteiger partial charge on any atom is 0.0244 e. The number of nitrogens with one attached hydrogen (secondary N) is 1. The molecule has 0 heterocycles. The van der Waals surface area contributed by atoms with Crippen molar-refractivity contribution in [1.82, 2.24) is 5.32 Å². The van der Waals surface area contributed by atoms with Crippen LogP contribution >= 0.6 is 0 Å². The molecule has 0 radical (unpaired) electrons. The smallest absolute Gasteiger partial charge is 0.0244 e. The van der Waals surface area contributed by atoms with Gasteiger partial charge in [0.1, 0.15) is 0 Å². The van der Waals surface area contributed by atoms with Crippen LogP contribution in [0.5, 0.6) is 0 Å². The van der Waals surface area contributed by atoms with Crippen LogP contribution in [0.4, 0.5) is 0 Å². The minimum atomic E-state index is -0.628. The van der Waals surface area contributed by atoms with Gasteiger partial charge in [-0.3, -0.25) is 4.21 Å². The van der Waals surface area contributed by atoms with E-state index < -0.39 is 10.8 Å². The van der Waals surface area contributed by atoms with Crippen LogP contribution in [0.2, 0.25) is 0 Å². The molecule has 0 aromatic carbocycles. The Bertz CT molecular complexity index is 220. The van der Waals surface area contributed by atoms with Gasteiger partial charge in [-0.05, 0) is 44.1 Å². The molecule has 0 bridgehead atoms. The molecule has 0 amide bonds. The molecule has 1 aliphatic carbocycles. The molecule has 4 atom stereocenters. The third-order valence-corrected chi connectivity index (χ3v) is 4.65. The number of rotatable bonds is 6. The lowest BCUT2D eigenvalue weighted by molar-refractivity contribution is 0.208. The molecule has 0 aromatic heterocycles. The average molecular weight is 245 g/mol. The molecule has 96 valence electrons. The van der Waals surface area contributed by atoms with Gasteiger partial charge in [-0.2, -0.15) is 0 Å². The lowest BCUT2D eigenvalue weighted by Gasteiger charge is -2.35. The van der Waals surface area contributed by atoms with Crippen molar-refractivity contribution >= 4 is 10.8 Å². The Kier molecular flexibility index (Phi) is 6.59. The van der Waals surface area contributed by atoms with Crippen molar-refractivity contribution in [2.45, 2.75) is 52.0 Å². The first kappa shape index (κ1) is 14.2. The molecule has 16 heavy (non-hydrogen) atoms. The van der Waals surface area contributed by atoms with E-state index >= 15 is 0 Å². The highest BCUT2D eigenvalue weighted by atomic mass is 32.2. The monoisotopic (exact) mass is 245 g/mol. The van der Waals surface area contributed by atoms with E-state index in [-0.39, 0.29) is 0 Å². The van der Waals surface area contributed by atoms with E-state index in [2.05, 4.69) is 19.2 Å².